The van der Waals surface area contributed by atoms with E-state index >= 15 is 0 Å². The second kappa shape index (κ2) is 7.62. The molecule has 1 aromatic heterocycles. The first-order valence-electron chi connectivity index (χ1n) is 9.19. The molecule has 4 atom stereocenters. The minimum Gasteiger partial charge on any atom is -0.379 e. The molecule has 4 aliphatic rings. The van der Waals surface area contributed by atoms with Gasteiger partial charge in [0.2, 0.25) is 10.0 Å². The molecular weight excluding hydrogens is 358 g/mol. The van der Waals surface area contributed by atoms with Crippen LogP contribution in [-0.4, -0.2) is 76.7 Å². The zero-order valence-corrected chi connectivity index (χ0v) is 16.1. The molecule has 1 aromatic rings. The summed E-state index contributed by atoms with van der Waals surface area (Å²) in [6.45, 7) is 7.71. The number of nitrogens with one attached hydrogen (secondary N) is 1. The first-order chi connectivity index (χ1) is 12.1. The Balaban J connectivity index is 1.31. The number of hydrogen-bond acceptors (Lipinski definition) is 6. The Kier molecular flexibility index (Phi) is 5.45. The molecule has 0 radical (unpaired) electrons. The Morgan fingerprint density at radius 1 is 1.28 bits per heavy atom. The molecule has 0 saturated carbocycles. The molecule has 6 nitrogen and oxygen atoms in total. The van der Waals surface area contributed by atoms with Gasteiger partial charge in [-0.1, -0.05) is 6.07 Å². The zero-order chi connectivity index (χ0) is 17.3. The molecule has 5 heterocycles. The van der Waals surface area contributed by atoms with E-state index in [0.29, 0.717) is 16.8 Å². The van der Waals surface area contributed by atoms with Crippen molar-refractivity contribution in [2.24, 2.45) is 11.8 Å². The summed E-state index contributed by atoms with van der Waals surface area (Å²) >= 11 is 1.27. The summed E-state index contributed by atoms with van der Waals surface area (Å²) in [5, 5.41) is 1.80. The number of hydrogen-bond donors (Lipinski definition) is 1. The second-order valence-corrected chi connectivity index (χ2v) is 10.3. The van der Waals surface area contributed by atoms with E-state index in [1.807, 2.05) is 0 Å². The van der Waals surface area contributed by atoms with E-state index < -0.39 is 10.0 Å². The highest BCUT2D eigenvalue weighted by Crippen LogP contribution is 2.36. The van der Waals surface area contributed by atoms with Gasteiger partial charge in [0.05, 0.1) is 13.2 Å². The van der Waals surface area contributed by atoms with Gasteiger partial charge in [-0.05, 0) is 42.7 Å². The predicted molar refractivity (Wildman–Crippen MR) is 98.3 cm³/mol. The molecule has 0 aromatic carbocycles. The first kappa shape index (κ1) is 17.9. The smallest absolute Gasteiger partial charge is 0.250 e. The summed E-state index contributed by atoms with van der Waals surface area (Å²) in [6, 6.07) is 3.79. The molecular formula is C17H27N3O3S2. The normalized spacial score (nSPS) is 33.6. The molecule has 4 saturated heterocycles. The van der Waals surface area contributed by atoms with Crippen LogP contribution in [0.4, 0.5) is 0 Å². The molecule has 1 N–H and O–H groups in total. The monoisotopic (exact) mass is 385 g/mol. The lowest BCUT2D eigenvalue weighted by molar-refractivity contribution is -0.0285. The van der Waals surface area contributed by atoms with E-state index in [9.17, 15) is 8.42 Å². The summed E-state index contributed by atoms with van der Waals surface area (Å²) in [5.74, 6) is 1.45. The maximum absolute atomic E-state index is 12.3. The zero-order valence-electron chi connectivity index (χ0n) is 14.5. The van der Waals surface area contributed by atoms with E-state index in [1.54, 1.807) is 17.5 Å². The van der Waals surface area contributed by atoms with Crippen LogP contribution in [0.2, 0.25) is 0 Å². The quantitative estimate of drug-likeness (QED) is 0.794. The third-order valence-electron chi connectivity index (χ3n) is 5.88. The van der Waals surface area contributed by atoms with Crippen molar-refractivity contribution in [3.8, 4) is 0 Å². The number of thiophene rings is 1. The van der Waals surface area contributed by atoms with Crippen LogP contribution in [-0.2, 0) is 14.8 Å². The first-order valence-corrected chi connectivity index (χ1v) is 11.6. The van der Waals surface area contributed by atoms with E-state index in [2.05, 4.69) is 14.5 Å². The van der Waals surface area contributed by atoms with Crippen molar-refractivity contribution in [3.63, 3.8) is 0 Å². The van der Waals surface area contributed by atoms with Crippen molar-refractivity contribution >= 4 is 21.4 Å². The molecule has 4 fully saturated rings. The summed E-state index contributed by atoms with van der Waals surface area (Å²) in [5.41, 5.74) is 0. The Labute approximate surface area is 154 Å². The van der Waals surface area contributed by atoms with Crippen molar-refractivity contribution in [1.82, 2.24) is 14.5 Å². The molecule has 4 unspecified atom stereocenters. The molecule has 0 amide bonds. The van der Waals surface area contributed by atoms with Gasteiger partial charge in [-0.3, -0.25) is 9.80 Å². The predicted octanol–water partition coefficient (Wildman–Crippen LogP) is 1.07. The number of ether oxygens (including phenoxy) is 1. The highest BCUT2D eigenvalue weighted by molar-refractivity contribution is 7.91. The van der Waals surface area contributed by atoms with Crippen LogP contribution in [0.25, 0.3) is 0 Å². The van der Waals surface area contributed by atoms with Gasteiger partial charge in [0, 0.05) is 38.8 Å². The van der Waals surface area contributed by atoms with Gasteiger partial charge in [-0.25, -0.2) is 13.1 Å². The average molecular weight is 386 g/mol. The van der Waals surface area contributed by atoms with Gasteiger partial charge in [0.1, 0.15) is 4.21 Å². The Morgan fingerprint density at radius 2 is 2.12 bits per heavy atom. The Morgan fingerprint density at radius 3 is 2.80 bits per heavy atom. The third kappa shape index (κ3) is 4.09. The second-order valence-electron chi connectivity index (χ2n) is 7.39. The molecule has 0 aliphatic carbocycles. The fraction of sp³-hybridized carbons (Fsp3) is 0.765. The number of morpholine rings is 1. The topological polar surface area (TPSA) is 61.9 Å². The van der Waals surface area contributed by atoms with Crippen molar-refractivity contribution in [2.45, 2.75) is 23.1 Å². The lowest BCUT2D eigenvalue weighted by Gasteiger charge is -2.51. The summed E-state index contributed by atoms with van der Waals surface area (Å²) in [4.78, 5) is 5.03. The van der Waals surface area contributed by atoms with E-state index in [0.717, 1.165) is 64.2 Å². The van der Waals surface area contributed by atoms with Crippen LogP contribution in [0.3, 0.4) is 0 Å². The minimum absolute atomic E-state index is 0.342. The lowest BCUT2D eigenvalue weighted by Crippen LogP contribution is -2.58. The van der Waals surface area contributed by atoms with Crippen LogP contribution in [0, 0.1) is 11.8 Å². The SMILES string of the molecule is O=S(=O)(NCC1CC2CCN1CC2CN1CCOCC1)c1cccs1. The maximum atomic E-state index is 12.3. The van der Waals surface area contributed by atoms with Gasteiger partial charge >= 0.3 is 0 Å². The van der Waals surface area contributed by atoms with Crippen LogP contribution >= 0.6 is 11.3 Å². The van der Waals surface area contributed by atoms with Crippen LogP contribution < -0.4 is 4.72 Å². The van der Waals surface area contributed by atoms with Gasteiger partial charge in [0.25, 0.3) is 0 Å². The number of sulfonamides is 1. The van der Waals surface area contributed by atoms with Crippen LogP contribution in [0.5, 0.6) is 0 Å². The van der Waals surface area contributed by atoms with Gasteiger partial charge in [-0.15, -0.1) is 11.3 Å². The average Bonchev–Trinajstić information content (AvgIpc) is 3.17. The number of fused-ring (bicyclic) bond motifs is 3. The standard InChI is InChI=1S/C17H27N3O3S2/c21-25(22,17-2-1-9-24-17)18-11-16-10-14-3-4-20(16)13-15(14)12-19-5-7-23-8-6-19/h1-2,9,14-16,18H,3-8,10-13H2. The molecule has 140 valence electrons. The Hall–Kier alpha value is -0.510. The van der Waals surface area contributed by atoms with Gasteiger partial charge in [-0.2, -0.15) is 0 Å². The number of rotatable bonds is 6. The lowest BCUT2D eigenvalue weighted by atomic mass is 9.75. The Bertz CT molecular complexity index is 659. The van der Waals surface area contributed by atoms with Crippen molar-refractivity contribution < 1.29 is 13.2 Å². The highest BCUT2D eigenvalue weighted by atomic mass is 32.2. The fourth-order valence-corrected chi connectivity index (χ4v) is 6.59. The van der Waals surface area contributed by atoms with Crippen LogP contribution in [0.1, 0.15) is 12.8 Å². The molecule has 0 spiro atoms. The molecule has 25 heavy (non-hydrogen) atoms. The fourth-order valence-electron chi connectivity index (χ4n) is 4.48. The third-order valence-corrected chi connectivity index (χ3v) is 8.70. The largest absolute Gasteiger partial charge is 0.379 e. The molecule has 4 aliphatic heterocycles. The van der Waals surface area contributed by atoms with E-state index in [1.165, 1.54) is 17.8 Å². The molecule has 8 heteroatoms. The van der Waals surface area contributed by atoms with E-state index in [-0.39, 0.29) is 0 Å². The van der Waals surface area contributed by atoms with E-state index in [4.69, 9.17) is 4.74 Å². The molecule has 5 rings (SSSR count). The maximum Gasteiger partial charge on any atom is 0.250 e. The number of piperidine rings is 3. The summed E-state index contributed by atoms with van der Waals surface area (Å²) < 4.78 is 33.3. The minimum atomic E-state index is -3.35. The molecule has 2 bridgehead atoms. The highest BCUT2D eigenvalue weighted by Gasteiger charge is 2.40. The van der Waals surface area contributed by atoms with Crippen LogP contribution in [0.15, 0.2) is 21.7 Å². The van der Waals surface area contributed by atoms with Crippen molar-refractivity contribution in [3.05, 3.63) is 17.5 Å². The summed E-state index contributed by atoms with van der Waals surface area (Å²) in [7, 11) is -3.35. The van der Waals surface area contributed by atoms with Gasteiger partial charge < -0.3 is 4.74 Å². The van der Waals surface area contributed by atoms with Gasteiger partial charge in [0.15, 0.2) is 0 Å². The summed E-state index contributed by atoms with van der Waals surface area (Å²) in [6.07, 6.45) is 2.37. The van der Waals surface area contributed by atoms with Crippen molar-refractivity contribution in [1.29, 1.82) is 0 Å². The number of nitrogens with zero attached hydrogens (tertiary/aromatic N) is 2. The van der Waals surface area contributed by atoms with Crippen molar-refractivity contribution in [2.75, 3.05) is 52.5 Å².